The van der Waals surface area contributed by atoms with Crippen LogP contribution in [0, 0.1) is 5.92 Å². The van der Waals surface area contributed by atoms with E-state index >= 15 is 0 Å². The third-order valence-electron chi connectivity index (χ3n) is 5.63. The molecule has 1 atom stereocenters. The van der Waals surface area contributed by atoms with E-state index in [1.165, 1.54) is 0 Å². The zero-order valence-electron chi connectivity index (χ0n) is 16.1. The van der Waals surface area contributed by atoms with Crippen LogP contribution < -0.4 is 0 Å². The SMILES string of the molecule is OC(c1ccccc1)C1CCN(CCCc2nnnn2-c2ccccc2)CC1. The first-order valence-corrected chi connectivity index (χ1v) is 10.1. The van der Waals surface area contributed by atoms with Gasteiger partial charge in [-0.2, -0.15) is 4.68 Å². The Kier molecular flexibility index (Phi) is 6.09. The van der Waals surface area contributed by atoms with Gasteiger partial charge in [0.1, 0.15) is 0 Å². The van der Waals surface area contributed by atoms with E-state index in [0.29, 0.717) is 5.92 Å². The van der Waals surface area contributed by atoms with Crippen molar-refractivity contribution in [1.82, 2.24) is 25.1 Å². The van der Waals surface area contributed by atoms with E-state index in [4.69, 9.17) is 0 Å². The van der Waals surface area contributed by atoms with Crippen molar-refractivity contribution in [2.75, 3.05) is 19.6 Å². The van der Waals surface area contributed by atoms with Crippen molar-refractivity contribution in [2.24, 2.45) is 5.92 Å². The van der Waals surface area contributed by atoms with Crippen LogP contribution in [0.3, 0.4) is 0 Å². The molecule has 0 spiro atoms. The van der Waals surface area contributed by atoms with Gasteiger partial charge in [-0.05, 0) is 72.9 Å². The van der Waals surface area contributed by atoms with Gasteiger partial charge in [0.25, 0.3) is 0 Å². The van der Waals surface area contributed by atoms with Crippen molar-refractivity contribution in [1.29, 1.82) is 0 Å². The highest BCUT2D eigenvalue weighted by atomic mass is 16.3. The molecule has 1 N–H and O–H groups in total. The number of hydrogen-bond acceptors (Lipinski definition) is 5. The van der Waals surface area contributed by atoms with Crippen molar-refractivity contribution < 1.29 is 5.11 Å². The van der Waals surface area contributed by atoms with Gasteiger partial charge in [-0.3, -0.25) is 0 Å². The van der Waals surface area contributed by atoms with Crippen LogP contribution in [-0.4, -0.2) is 49.8 Å². The van der Waals surface area contributed by atoms with Crippen LogP contribution >= 0.6 is 0 Å². The molecule has 6 nitrogen and oxygen atoms in total. The summed E-state index contributed by atoms with van der Waals surface area (Å²) in [7, 11) is 0. The summed E-state index contributed by atoms with van der Waals surface area (Å²) in [5, 5.41) is 22.8. The second kappa shape index (κ2) is 9.08. The number of nitrogens with zero attached hydrogens (tertiary/aromatic N) is 5. The molecule has 4 rings (SSSR count). The van der Waals surface area contributed by atoms with Gasteiger partial charge in [0, 0.05) is 6.42 Å². The van der Waals surface area contributed by atoms with Gasteiger partial charge in [0.05, 0.1) is 11.8 Å². The van der Waals surface area contributed by atoms with Gasteiger partial charge in [-0.1, -0.05) is 48.5 Å². The molecule has 146 valence electrons. The Morgan fingerprint density at radius 2 is 1.64 bits per heavy atom. The highest BCUT2D eigenvalue weighted by molar-refractivity contribution is 5.30. The fraction of sp³-hybridized carbons (Fsp3) is 0.409. The Bertz CT molecular complexity index is 844. The molecule has 1 aromatic heterocycles. The number of aliphatic hydroxyl groups is 1. The molecule has 1 fully saturated rings. The minimum atomic E-state index is -0.348. The van der Waals surface area contributed by atoms with Crippen LogP contribution in [0.1, 0.15) is 36.8 Å². The first-order valence-electron chi connectivity index (χ1n) is 10.1. The minimum absolute atomic E-state index is 0.348. The van der Waals surface area contributed by atoms with Crippen molar-refractivity contribution in [3.05, 3.63) is 72.1 Å². The maximum atomic E-state index is 10.6. The van der Waals surface area contributed by atoms with Gasteiger partial charge in [0.2, 0.25) is 0 Å². The lowest BCUT2D eigenvalue weighted by molar-refractivity contribution is 0.0586. The van der Waals surface area contributed by atoms with Crippen molar-refractivity contribution in [2.45, 2.75) is 31.8 Å². The maximum Gasteiger partial charge on any atom is 0.156 e. The molecule has 0 aliphatic carbocycles. The first kappa shape index (κ1) is 18.8. The zero-order chi connectivity index (χ0) is 19.2. The summed E-state index contributed by atoms with van der Waals surface area (Å²) in [4.78, 5) is 2.49. The molecular weight excluding hydrogens is 350 g/mol. The molecule has 0 radical (unpaired) electrons. The van der Waals surface area contributed by atoms with E-state index in [0.717, 1.165) is 62.4 Å². The van der Waals surface area contributed by atoms with Gasteiger partial charge in [-0.25, -0.2) is 0 Å². The summed E-state index contributed by atoms with van der Waals surface area (Å²) in [6, 6.07) is 20.0. The number of benzene rings is 2. The van der Waals surface area contributed by atoms with Crippen molar-refractivity contribution in [3.8, 4) is 5.69 Å². The number of aryl methyl sites for hydroxylation is 1. The quantitative estimate of drug-likeness (QED) is 0.685. The molecule has 3 aromatic rings. The van der Waals surface area contributed by atoms with Gasteiger partial charge in [-0.15, -0.1) is 5.10 Å². The summed E-state index contributed by atoms with van der Waals surface area (Å²) >= 11 is 0. The average molecular weight is 377 g/mol. The van der Waals surface area contributed by atoms with Crippen LogP contribution in [0.4, 0.5) is 0 Å². The monoisotopic (exact) mass is 377 g/mol. The van der Waals surface area contributed by atoms with E-state index < -0.39 is 0 Å². The standard InChI is InChI=1S/C22H27N5O/c28-22(18-8-3-1-4-9-18)19-13-16-26(17-14-19)15-7-12-21-23-24-25-27(21)20-10-5-2-6-11-20/h1-6,8-11,19,22,28H,7,12-17H2. The number of para-hydroxylation sites is 1. The second-order valence-corrected chi connectivity index (χ2v) is 7.48. The molecule has 2 heterocycles. The normalized spacial score (nSPS) is 16.9. The third-order valence-corrected chi connectivity index (χ3v) is 5.63. The smallest absolute Gasteiger partial charge is 0.156 e. The van der Waals surface area contributed by atoms with Crippen LogP contribution in [0.15, 0.2) is 60.7 Å². The number of aromatic nitrogens is 4. The van der Waals surface area contributed by atoms with Crippen LogP contribution in [-0.2, 0) is 6.42 Å². The number of rotatable bonds is 7. The Morgan fingerprint density at radius 1 is 0.964 bits per heavy atom. The predicted octanol–water partition coefficient (Wildman–Crippen LogP) is 3.04. The molecule has 1 saturated heterocycles. The van der Waals surface area contributed by atoms with E-state index in [9.17, 15) is 5.11 Å². The Labute approximate surface area is 165 Å². The van der Waals surface area contributed by atoms with Crippen molar-refractivity contribution in [3.63, 3.8) is 0 Å². The molecular formula is C22H27N5O. The Balaban J connectivity index is 1.24. The van der Waals surface area contributed by atoms with Gasteiger partial charge >= 0.3 is 0 Å². The highest BCUT2D eigenvalue weighted by Gasteiger charge is 2.26. The van der Waals surface area contributed by atoms with Gasteiger partial charge in [0.15, 0.2) is 5.82 Å². The fourth-order valence-corrected chi connectivity index (χ4v) is 4.01. The first-order chi connectivity index (χ1) is 13.8. The van der Waals surface area contributed by atoms with E-state index in [1.54, 1.807) is 0 Å². The van der Waals surface area contributed by atoms with Crippen LogP contribution in [0.25, 0.3) is 5.69 Å². The molecule has 1 unspecified atom stereocenters. The summed E-state index contributed by atoms with van der Waals surface area (Å²) in [6.07, 6.45) is 3.61. The zero-order valence-corrected chi connectivity index (χ0v) is 16.1. The molecule has 1 aliphatic heterocycles. The fourth-order valence-electron chi connectivity index (χ4n) is 4.01. The largest absolute Gasteiger partial charge is 0.388 e. The number of aliphatic hydroxyl groups excluding tert-OH is 1. The van der Waals surface area contributed by atoms with E-state index in [2.05, 4.69) is 20.4 Å². The lowest BCUT2D eigenvalue weighted by Gasteiger charge is -2.34. The minimum Gasteiger partial charge on any atom is -0.388 e. The highest BCUT2D eigenvalue weighted by Crippen LogP contribution is 2.30. The van der Waals surface area contributed by atoms with E-state index in [1.807, 2.05) is 65.3 Å². The third kappa shape index (κ3) is 4.46. The average Bonchev–Trinajstić information content (AvgIpc) is 3.23. The Morgan fingerprint density at radius 3 is 2.36 bits per heavy atom. The van der Waals surface area contributed by atoms with Crippen LogP contribution in [0.5, 0.6) is 0 Å². The molecule has 2 aromatic carbocycles. The molecule has 1 aliphatic rings. The number of hydrogen-bond donors (Lipinski definition) is 1. The second-order valence-electron chi connectivity index (χ2n) is 7.48. The number of likely N-dealkylation sites (tertiary alicyclic amines) is 1. The summed E-state index contributed by atoms with van der Waals surface area (Å²) in [5.74, 6) is 1.25. The summed E-state index contributed by atoms with van der Waals surface area (Å²) in [6.45, 7) is 3.12. The molecule has 0 amide bonds. The lowest BCUT2D eigenvalue weighted by Crippen LogP contribution is -2.36. The summed E-state index contributed by atoms with van der Waals surface area (Å²) < 4.78 is 1.82. The predicted molar refractivity (Wildman–Crippen MR) is 108 cm³/mol. The summed E-state index contributed by atoms with van der Waals surface area (Å²) in [5.41, 5.74) is 2.03. The van der Waals surface area contributed by atoms with E-state index in [-0.39, 0.29) is 6.10 Å². The topological polar surface area (TPSA) is 67.1 Å². The molecule has 28 heavy (non-hydrogen) atoms. The maximum absolute atomic E-state index is 10.6. The van der Waals surface area contributed by atoms with Gasteiger partial charge < -0.3 is 10.0 Å². The number of tetrazole rings is 1. The Hall–Kier alpha value is -2.57. The molecule has 0 saturated carbocycles. The molecule has 6 heteroatoms. The number of piperidine rings is 1. The lowest BCUT2D eigenvalue weighted by atomic mass is 9.87. The molecule has 0 bridgehead atoms. The van der Waals surface area contributed by atoms with Crippen LogP contribution in [0.2, 0.25) is 0 Å². The van der Waals surface area contributed by atoms with Crippen molar-refractivity contribution >= 4 is 0 Å².